The van der Waals surface area contributed by atoms with Gasteiger partial charge in [-0.05, 0) is 30.7 Å². The van der Waals surface area contributed by atoms with Gasteiger partial charge in [-0.1, -0.05) is 0 Å². The summed E-state index contributed by atoms with van der Waals surface area (Å²) >= 11 is 0. The number of aromatic nitrogens is 4. The van der Waals surface area contributed by atoms with E-state index in [2.05, 4.69) is 15.4 Å². The van der Waals surface area contributed by atoms with Crippen molar-refractivity contribution >= 4 is 11.6 Å². The number of nitrogens with one attached hydrogen (secondary N) is 1. The molecule has 0 bridgehead atoms. The number of carbonyl (C=O) groups is 1. The quantitative estimate of drug-likeness (QED) is 0.761. The zero-order valence-corrected chi connectivity index (χ0v) is 12.4. The van der Waals surface area contributed by atoms with E-state index in [0.717, 1.165) is 6.54 Å². The molecule has 23 heavy (non-hydrogen) atoms. The molecule has 0 aliphatic rings. The fourth-order valence-corrected chi connectivity index (χ4v) is 2.25. The summed E-state index contributed by atoms with van der Waals surface area (Å²) in [6.45, 7) is 0.722. The smallest absolute Gasteiger partial charge is 0.224 e. The van der Waals surface area contributed by atoms with Crippen molar-refractivity contribution in [3.63, 3.8) is 0 Å². The third-order valence-corrected chi connectivity index (χ3v) is 3.36. The first-order chi connectivity index (χ1) is 11.2. The minimum Gasteiger partial charge on any atom is -0.337 e. The van der Waals surface area contributed by atoms with Crippen LogP contribution in [0.1, 0.15) is 12.8 Å². The highest BCUT2D eigenvalue weighted by Gasteiger charge is 2.08. The average Bonchev–Trinajstić information content (AvgIpc) is 3.20. The van der Waals surface area contributed by atoms with Gasteiger partial charge in [-0.3, -0.25) is 4.79 Å². The van der Waals surface area contributed by atoms with Crippen LogP contribution in [0.25, 0.3) is 5.69 Å². The number of carbonyl (C=O) groups excluding carboxylic acids is 1. The van der Waals surface area contributed by atoms with E-state index in [0.29, 0.717) is 24.2 Å². The monoisotopic (exact) mass is 313 g/mol. The summed E-state index contributed by atoms with van der Waals surface area (Å²) in [6.07, 6.45) is 9.55. The fraction of sp³-hybridized carbons (Fsp3) is 0.188. The summed E-state index contributed by atoms with van der Waals surface area (Å²) in [6, 6.07) is 6.26. The predicted octanol–water partition coefficient (Wildman–Crippen LogP) is 2.63. The number of halogens is 1. The van der Waals surface area contributed by atoms with Crippen LogP contribution in [0.4, 0.5) is 10.1 Å². The first-order valence-electron chi connectivity index (χ1n) is 7.27. The number of rotatable bonds is 6. The van der Waals surface area contributed by atoms with Crippen LogP contribution < -0.4 is 5.32 Å². The van der Waals surface area contributed by atoms with E-state index in [1.165, 1.54) is 10.7 Å². The van der Waals surface area contributed by atoms with Crippen molar-refractivity contribution in [3.8, 4) is 5.69 Å². The average molecular weight is 313 g/mol. The van der Waals surface area contributed by atoms with E-state index in [9.17, 15) is 9.18 Å². The molecule has 3 aromatic rings. The molecule has 1 N–H and O–H groups in total. The Morgan fingerprint density at radius 1 is 1.26 bits per heavy atom. The lowest BCUT2D eigenvalue weighted by Crippen LogP contribution is -2.12. The third-order valence-electron chi connectivity index (χ3n) is 3.36. The number of hydrogen-bond acceptors (Lipinski definition) is 3. The highest BCUT2D eigenvalue weighted by molar-refractivity contribution is 5.90. The molecule has 1 aromatic carbocycles. The van der Waals surface area contributed by atoms with Gasteiger partial charge < -0.3 is 9.88 Å². The summed E-state index contributed by atoms with van der Waals surface area (Å²) in [7, 11) is 0. The first kappa shape index (κ1) is 15.0. The maximum Gasteiger partial charge on any atom is 0.224 e. The molecule has 0 unspecified atom stereocenters. The van der Waals surface area contributed by atoms with Crippen LogP contribution in [0.2, 0.25) is 0 Å². The molecule has 0 fully saturated rings. The van der Waals surface area contributed by atoms with Gasteiger partial charge in [0.1, 0.15) is 5.69 Å². The topological polar surface area (TPSA) is 64.7 Å². The van der Waals surface area contributed by atoms with E-state index in [-0.39, 0.29) is 5.91 Å². The molecule has 0 radical (unpaired) electrons. The number of nitrogens with zero attached hydrogens (tertiary/aromatic N) is 4. The standard InChI is InChI=1S/C16H16FN5O/c17-14-11-13(4-5-15(14)22-9-2-6-19-22)20-16(23)3-1-8-21-10-7-18-12-21/h2,4-7,9-12H,1,3,8H2,(H,20,23). The highest BCUT2D eigenvalue weighted by Crippen LogP contribution is 2.18. The SMILES string of the molecule is O=C(CCCn1ccnc1)Nc1ccc(-n2cccn2)c(F)c1. The van der Waals surface area contributed by atoms with Crippen molar-refractivity contribution in [2.75, 3.05) is 5.32 Å². The fourth-order valence-electron chi connectivity index (χ4n) is 2.25. The lowest BCUT2D eigenvalue weighted by Gasteiger charge is -2.08. The Balaban J connectivity index is 1.55. The molecule has 118 valence electrons. The molecular weight excluding hydrogens is 297 g/mol. The summed E-state index contributed by atoms with van der Waals surface area (Å²) in [5, 5.41) is 6.69. The van der Waals surface area contributed by atoms with Crippen LogP contribution in [-0.2, 0) is 11.3 Å². The van der Waals surface area contributed by atoms with E-state index < -0.39 is 5.82 Å². The van der Waals surface area contributed by atoms with Crippen molar-refractivity contribution in [1.82, 2.24) is 19.3 Å². The number of benzene rings is 1. The van der Waals surface area contributed by atoms with Gasteiger partial charge in [0, 0.05) is 43.4 Å². The van der Waals surface area contributed by atoms with Gasteiger partial charge in [0.15, 0.2) is 5.82 Å². The van der Waals surface area contributed by atoms with Gasteiger partial charge in [-0.2, -0.15) is 5.10 Å². The molecule has 2 aromatic heterocycles. The number of imidazole rings is 1. The molecule has 0 saturated carbocycles. The minimum atomic E-state index is -0.440. The zero-order valence-electron chi connectivity index (χ0n) is 12.4. The van der Waals surface area contributed by atoms with Crippen molar-refractivity contribution in [2.24, 2.45) is 0 Å². The van der Waals surface area contributed by atoms with Gasteiger partial charge in [0.25, 0.3) is 0 Å². The Bertz CT molecular complexity index is 768. The Labute approximate surface area is 132 Å². The molecule has 7 heteroatoms. The Morgan fingerprint density at radius 3 is 2.87 bits per heavy atom. The zero-order chi connectivity index (χ0) is 16.1. The molecule has 0 aliphatic carbocycles. The minimum absolute atomic E-state index is 0.142. The maximum absolute atomic E-state index is 14.1. The molecule has 0 atom stereocenters. The van der Waals surface area contributed by atoms with E-state index >= 15 is 0 Å². The Hall–Kier alpha value is -2.96. The lowest BCUT2D eigenvalue weighted by molar-refractivity contribution is -0.116. The van der Waals surface area contributed by atoms with Crippen molar-refractivity contribution < 1.29 is 9.18 Å². The highest BCUT2D eigenvalue weighted by atomic mass is 19.1. The van der Waals surface area contributed by atoms with Crippen molar-refractivity contribution in [2.45, 2.75) is 19.4 Å². The summed E-state index contributed by atoms with van der Waals surface area (Å²) in [5.74, 6) is -0.582. The maximum atomic E-state index is 14.1. The molecule has 1 amide bonds. The predicted molar refractivity (Wildman–Crippen MR) is 83.6 cm³/mol. The van der Waals surface area contributed by atoms with Crippen LogP contribution in [0.3, 0.4) is 0 Å². The molecular formula is C16H16FN5O. The second-order valence-corrected chi connectivity index (χ2v) is 5.07. The molecule has 0 saturated heterocycles. The summed E-state index contributed by atoms with van der Waals surface area (Å²) in [5.41, 5.74) is 0.777. The third kappa shape index (κ3) is 3.82. The molecule has 2 heterocycles. The first-order valence-corrected chi connectivity index (χ1v) is 7.27. The summed E-state index contributed by atoms with van der Waals surface area (Å²) in [4.78, 5) is 15.8. The molecule has 0 aliphatic heterocycles. The van der Waals surface area contributed by atoms with Crippen LogP contribution in [0.15, 0.2) is 55.4 Å². The normalized spacial score (nSPS) is 10.7. The Kier molecular flexibility index (Phi) is 4.46. The van der Waals surface area contributed by atoms with E-state index in [1.54, 1.807) is 43.1 Å². The van der Waals surface area contributed by atoms with Crippen molar-refractivity contribution in [3.05, 3.63) is 61.2 Å². The van der Waals surface area contributed by atoms with Gasteiger partial charge in [-0.25, -0.2) is 14.1 Å². The molecule has 0 spiro atoms. The van der Waals surface area contributed by atoms with Crippen molar-refractivity contribution in [1.29, 1.82) is 0 Å². The summed E-state index contributed by atoms with van der Waals surface area (Å²) < 4.78 is 17.4. The largest absolute Gasteiger partial charge is 0.337 e. The number of aryl methyl sites for hydroxylation is 1. The van der Waals surface area contributed by atoms with Crippen LogP contribution in [0, 0.1) is 5.82 Å². The van der Waals surface area contributed by atoms with E-state index in [4.69, 9.17) is 0 Å². The number of hydrogen-bond donors (Lipinski definition) is 1. The van der Waals surface area contributed by atoms with Crippen LogP contribution >= 0.6 is 0 Å². The second-order valence-electron chi connectivity index (χ2n) is 5.07. The second kappa shape index (κ2) is 6.87. The molecule has 3 rings (SSSR count). The molecule has 6 nitrogen and oxygen atoms in total. The van der Waals surface area contributed by atoms with E-state index in [1.807, 2.05) is 10.8 Å². The van der Waals surface area contributed by atoms with Gasteiger partial charge in [0.05, 0.1) is 6.33 Å². The number of anilines is 1. The van der Waals surface area contributed by atoms with Gasteiger partial charge in [-0.15, -0.1) is 0 Å². The lowest BCUT2D eigenvalue weighted by atomic mass is 10.2. The number of amides is 1. The van der Waals surface area contributed by atoms with Gasteiger partial charge >= 0.3 is 0 Å². The Morgan fingerprint density at radius 2 is 2.17 bits per heavy atom. The van der Waals surface area contributed by atoms with Gasteiger partial charge in [0.2, 0.25) is 5.91 Å². The van der Waals surface area contributed by atoms with Crippen LogP contribution in [0.5, 0.6) is 0 Å². The van der Waals surface area contributed by atoms with Crippen LogP contribution in [-0.4, -0.2) is 25.2 Å².